The van der Waals surface area contributed by atoms with Crippen molar-refractivity contribution in [2.45, 2.75) is 63.6 Å². The van der Waals surface area contributed by atoms with Crippen LogP contribution in [0.15, 0.2) is 6.07 Å². The number of aryl methyl sites for hydroxylation is 2. The Morgan fingerprint density at radius 3 is 2.94 bits per heavy atom. The van der Waals surface area contributed by atoms with E-state index in [0.717, 1.165) is 19.4 Å². The van der Waals surface area contributed by atoms with Crippen molar-refractivity contribution in [1.29, 1.82) is 0 Å². The highest BCUT2D eigenvalue weighted by molar-refractivity contribution is 7.12. The zero-order valence-corrected chi connectivity index (χ0v) is 11.1. The molecule has 0 radical (unpaired) electrons. The Morgan fingerprint density at radius 1 is 1.24 bits per heavy atom. The van der Waals surface area contributed by atoms with Crippen molar-refractivity contribution in [3.63, 3.8) is 0 Å². The van der Waals surface area contributed by atoms with Crippen LogP contribution in [0.3, 0.4) is 0 Å². The van der Waals surface area contributed by atoms with Gasteiger partial charge in [0.2, 0.25) is 0 Å². The molecule has 1 saturated carbocycles. The third-order valence-corrected chi connectivity index (χ3v) is 5.30. The van der Waals surface area contributed by atoms with Gasteiger partial charge in [-0.05, 0) is 43.7 Å². The fraction of sp³-hybridized carbons (Fsp3) is 0.714. The van der Waals surface area contributed by atoms with Gasteiger partial charge in [-0.1, -0.05) is 12.8 Å². The molecule has 1 heterocycles. The van der Waals surface area contributed by atoms with E-state index in [4.69, 9.17) is 0 Å². The molecule has 0 bridgehead atoms. The number of hydrogen-bond acceptors (Lipinski definition) is 3. The summed E-state index contributed by atoms with van der Waals surface area (Å²) in [6, 6.07) is 2.69. The lowest BCUT2D eigenvalue weighted by Gasteiger charge is -2.28. The summed E-state index contributed by atoms with van der Waals surface area (Å²) in [6.07, 6.45) is 8.32. The molecule has 2 aliphatic carbocycles. The predicted molar refractivity (Wildman–Crippen MR) is 71.4 cm³/mol. The van der Waals surface area contributed by atoms with Gasteiger partial charge in [-0.3, -0.25) is 0 Å². The molecule has 0 saturated heterocycles. The van der Waals surface area contributed by atoms with Gasteiger partial charge in [0.15, 0.2) is 0 Å². The molecule has 0 amide bonds. The van der Waals surface area contributed by atoms with Gasteiger partial charge in [0.05, 0.1) is 6.10 Å². The molecule has 3 rings (SSSR count). The number of aliphatic hydroxyl groups is 1. The molecule has 2 N–H and O–H groups in total. The van der Waals surface area contributed by atoms with Crippen LogP contribution in [0.4, 0.5) is 0 Å². The van der Waals surface area contributed by atoms with Gasteiger partial charge in [-0.25, -0.2) is 0 Å². The SMILES string of the molecule is OC1CCCCC1NCc1cc2c(s1)CCC2. The largest absolute Gasteiger partial charge is 0.392 e. The molecule has 2 aliphatic rings. The minimum atomic E-state index is -0.129. The van der Waals surface area contributed by atoms with E-state index >= 15 is 0 Å². The topological polar surface area (TPSA) is 32.3 Å². The molecule has 0 aromatic carbocycles. The molecule has 0 aliphatic heterocycles. The van der Waals surface area contributed by atoms with Crippen molar-refractivity contribution in [2.24, 2.45) is 0 Å². The zero-order chi connectivity index (χ0) is 11.7. The van der Waals surface area contributed by atoms with Gasteiger partial charge in [0.25, 0.3) is 0 Å². The van der Waals surface area contributed by atoms with Crippen molar-refractivity contribution < 1.29 is 5.11 Å². The molecule has 2 nitrogen and oxygen atoms in total. The monoisotopic (exact) mass is 251 g/mol. The predicted octanol–water partition coefficient (Wildman–Crippen LogP) is 2.63. The van der Waals surface area contributed by atoms with Crippen molar-refractivity contribution in [1.82, 2.24) is 5.32 Å². The molecule has 3 heteroatoms. The van der Waals surface area contributed by atoms with E-state index in [0.29, 0.717) is 6.04 Å². The lowest BCUT2D eigenvalue weighted by atomic mass is 9.92. The van der Waals surface area contributed by atoms with E-state index in [1.165, 1.54) is 37.0 Å². The number of fused-ring (bicyclic) bond motifs is 1. The van der Waals surface area contributed by atoms with E-state index in [9.17, 15) is 5.11 Å². The molecule has 2 atom stereocenters. The fourth-order valence-electron chi connectivity index (χ4n) is 3.06. The highest BCUT2D eigenvalue weighted by atomic mass is 32.1. The maximum Gasteiger partial charge on any atom is 0.0693 e. The van der Waals surface area contributed by atoms with Crippen LogP contribution < -0.4 is 5.32 Å². The standard InChI is InChI=1S/C14H21NOS/c16-13-6-2-1-5-12(13)15-9-11-8-10-4-3-7-14(10)17-11/h8,12-13,15-16H,1-7,9H2. The van der Waals surface area contributed by atoms with Gasteiger partial charge < -0.3 is 10.4 Å². The van der Waals surface area contributed by atoms with Gasteiger partial charge in [0.1, 0.15) is 0 Å². The maximum atomic E-state index is 9.91. The van der Waals surface area contributed by atoms with Crippen LogP contribution in [0.2, 0.25) is 0 Å². The number of nitrogens with one attached hydrogen (secondary N) is 1. The molecule has 1 fully saturated rings. The summed E-state index contributed by atoms with van der Waals surface area (Å²) < 4.78 is 0. The second-order valence-electron chi connectivity index (χ2n) is 5.35. The number of aliphatic hydroxyl groups excluding tert-OH is 1. The van der Waals surface area contributed by atoms with Gasteiger partial charge in [-0.2, -0.15) is 0 Å². The average Bonchev–Trinajstić information content (AvgIpc) is 2.88. The molecule has 17 heavy (non-hydrogen) atoms. The fourth-order valence-corrected chi connectivity index (χ4v) is 4.27. The third kappa shape index (κ3) is 2.56. The summed E-state index contributed by atoms with van der Waals surface area (Å²) in [5.41, 5.74) is 1.58. The number of hydrogen-bond donors (Lipinski definition) is 2. The summed E-state index contributed by atoms with van der Waals surface area (Å²) >= 11 is 1.97. The molecule has 1 aromatic heterocycles. The normalized spacial score (nSPS) is 28.3. The van der Waals surface area contributed by atoms with Crippen LogP contribution in [0.1, 0.15) is 47.4 Å². The highest BCUT2D eigenvalue weighted by Crippen LogP contribution is 2.30. The van der Waals surface area contributed by atoms with E-state index < -0.39 is 0 Å². The first-order valence-corrected chi connectivity index (χ1v) is 7.66. The number of thiophene rings is 1. The summed E-state index contributed by atoms with van der Waals surface area (Å²) in [7, 11) is 0. The Labute approximate surface area is 107 Å². The summed E-state index contributed by atoms with van der Waals surface area (Å²) in [4.78, 5) is 3.05. The minimum absolute atomic E-state index is 0.129. The summed E-state index contributed by atoms with van der Waals surface area (Å²) in [5.74, 6) is 0. The van der Waals surface area contributed by atoms with Gasteiger partial charge >= 0.3 is 0 Å². The van der Waals surface area contributed by atoms with Crippen LogP contribution in [0, 0.1) is 0 Å². The first kappa shape index (κ1) is 11.7. The van der Waals surface area contributed by atoms with E-state index in [1.807, 2.05) is 11.3 Å². The molecule has 2 unspecified atom stereocenters. The highest BCUT2D eigenvalue weighted by Gasteiger charge is 2.22. The Kier molecular flexibility index (Phi) is 3.50. The third-order valence-electron chi connectivity index (χ3n) is 4.07. The maximum absolute atomic E-state index is 9.91. The van der Waals surface area contributed by atoms with Crippen LogP contribution in [0.25, 0.3) is 0 Å². The first-order valence-electron chi connectivity index (χ1n) is 6.85. The van der Waals surface area contributed by atoms with Crippen molar-refractivity contribution in [3.05, 3.63) is 21.4 Å². The molecular formula is C14H21NOS. The van der Waals surface area contributed by atoms with Crippen molar-refractivity contribution >= 4 is 11.3 Å². The van der Waals surface area contributed by atoms with E-state index in [1.54, 1.807) is 10.4 Å². The molecular weight excluding hydrogens is 230 g/mol. The minimum Gasteiger partial charge on any atom is -0.392 e. The Morgan fingerprint density at radius 2 is 2.12 bits per heavy atom. The van der Waals surface area contributed by atoms with Crippen LogP contribution >= 0.6 is 11.3 Å². The van der Waals surface area contributed by atoms with Gasteiger partial charge in [-0.15, -0.1) is 11.3 Å². The molecule has 1 aromatic rings. The van der Waals surface area contributed by atoms with Crippen LogP contribution in [0.5, 0.6) is 0 Å². The second kappa shape index (κ2) is 5.09. The molecule has 0 spiro atoms. The quantitative estimate of drug-likeness (QED) is 0.865. The Bertz CT molecular complexity index is 366. The zero-order valence-electron chi connectivity index (χ0n) is 10.2. The smallest absolute Gasteiger partial charge is 0.0693 e. The Balaban J connectivity index is 1.56. The van der Waals surface area contributed by atoms with Crippen LogP contribution in [-0.2, 0) is 19.4 Å². The summed E-state index contributed by atoms with van der Waals surface area (Å²) in [5, 5.41) is 13.4. The first-order chi connectivity index (χ1) is 8.33. The van der Waals surface area contributed by atoms with E-state index in [-0.39, 0.29) is 6.10 Å². The Hall–Kier alpha value is -0.380. The lowest BCUT2D eigenvalue weighted by Crippen LogP contribution is -2.41. The summed E-state index contributed by atoms with van der Waals surface area (Å²) in [6.45, 7) is 0.944. The second-order valence-corrected chi connectivity index (χ2v) is 6.58. The molecule has 94 valence electrons. The van der Waals surface area contributed by atoms with Crippen LogP contribution in [-0.4, -0.2) is 17.3 Å². The lowest BCUT2D eigenvalue weighted by molar-refractivity contribution is 0.0904. The van der Waals surface area contributed by atoms with Crippen molar-refractivity contribution in [2.75, 3.05) is 0 Å². The van der Waals surface area contributed by atoms with Gasteiger partial charge in [0, 0.05) is 22.3 Å². The van der Waals surface area contributed by atoms with Crippen molar-refractivity contribution in [3.8, 4) is 0 Å². The van der Waals surface area contributed by atoms with E-state index in [2.05, 4.69) is 11.4 Å². The number of rotatable bonds is 3. The average molecular weight is 251 g/mol.